The first-order valence-electron chi connectivity index (χ1n) is 8.86. The standard InChI is InChI=1S/C18H37NO2/c1-5-7-13-18(3,4)16(11-6-2)15-19-14-10-8-9-12-17(20)21/h16,19H,5-15H2,1-4H3,(H,20,21)/t16-/m0/s1. The molecule has 0 saturated heterocycles. The van der Waals surface area contributed by atoms with Gasteiger partial charge in [-0.25, -0.2) is 0 Å². The summed E-state index contributed by atoms with van der Waals surface area (Å²) in [6, 6.07) is 0. The van der Waals surface area contributed by atoms with Gasteiger partial charge in [-0.3, -0.25) is 4.79 Å². The van der Waals surface area contributed by atoms with Crippen LogP contribution in [0.3, 0.4) is 0 Å². The maximum absolute atomic E-state index is 10.4. The second-order valence-corrected chi connectivity index (χ2v) is 6.99. The minimum absolute atomic E-state index is 0.308. The predicted molar refractivity (Wildman–Crippen MR) is 90.7 cm³/mol. The fourth-order valence-electron chi connectivity index (χ4n) is 2.93. The first kappa shape index (κ1) is 20.4. The number of hydrogen-bond donors (Lipinski definition) is 2. The van der Waals surface area contributed by atoms with Crippen molar-refractivity contribution in [2.24, 2.45) is 11.3 Å². The van der Waals surface area contributed by atoms with Crippen LogP contribution in [0, 0.1) is 11.3 Å². The molecule has 126 valence electrons. The molecule has 0 spiro atoms. The fourth-order valence-corrected chi connectivity index (χ4v) is 2.93. The van der Waals surface area contributed by atoms with Crippen molar-refractivity contribution < 1.29 is 9.90 Å². The lowest BCUT2D eigenvalue weighted by Gasteiger charge is -2.35. The van der Waals surface area contributed by atoms with E-state index in [-0.39, 0.29) is 0 Å². The summed E-state index contributed by atoms with van der Waals surface area (Å²) in [6.45, 7) is 11.5. The smallest absolute Gasteiger partial charge is 0.303 e. The SMILES string of the molecule is CCCCC(C)(C)[C@@H](CCC)CNCCCCCC(=O)O. The van der Waals surface area contributed by atoms with Crippen molar-refractivity contribution in [1.82, 2.24) is 5.32 Å². The molecule has 0 saturated carbocycles. The van der Waals surface area contributed by atoms with Crippen LogP contribution >= 0.6 is 0 Å². The fraction of sp³-hybridized carbons (Fsp3) is 0.944. The second kappa shape index (κ2) is 12.0. The first-order chi connectivity index (χ1) is 9.94. The Morgan fingerprint density at radius 2 is 1.81 bits per heavy atom. The number of carboxylic acids is 1. The lowest BCUT2D eigenvalue weighted by atomic mass is 9.73. The van der Waals surface area contributed by atoms with Crippen LogP contribution in [0.4, 0.5) is 0 Å². The van der Waals surface area contributed by atoms with Gasteiger partial charge >= 0.3 is 5.97 Å². The molecule has 0 aromatic carbocycles. The molecular weight excluding hydrogens is 262 g/mol. The van der Waals surface area contributed by atoms with Crippen LogP contribution < -0.4 is 5.32 Å². The molecule has 0 aliphatic rings. The molecular formula is C18H37NO2. The van der Waals surface area contributed by atoms with E-state index in [0.29, 0.717) is 11.8 Å². The summed E-state index contributed by atoms with van der Waals surface area (Å²) in [7, 11) is 0. The highest BCUT2D eigenvalue weighted by atomic mass is 16.4. The van der Waals surface area contributed by atoms with Crippen LogP contribution in [-0.2, 0) is 4.79 Å². The zero-order chi connectivity index (χ0) is 16.1. The lowest BCUT2D eigenvalue weighted by molar-refractivity contribution is -0.137. The quantitative estimate of drug-likeness (QED) is 0.451. The normalized spacial score (nSPS) is 13.3. The van der Waals surface area contributed by atoms with Gasteiger partial charge in [-0.05, 0) is 50.1 Å². The van der Waals surface area contributed by atoms with E-state index in [0.717, 1.165) is 38.3 Å². The number of carbonyl (C=O) groups is 1. The molecule has 2 N–H and O–H groups in total. The summed E-state index contributed by atoms with van der Waals surface area (Å²) in [5.41, 5.74) is 0.419. The molecule has 0 aromatic heterocycles. The number of hydrogen-bond acceptors (Lipinski definition) is 2. The Balaban J connectivity index is 3.90. The molecule has 0 bridgehead atoms. The average Bonchev–Trinajstić information content (AvgIpc) is 2.42. The van der Waals surface area contributed by atoms with E-state index in [1.807, 2.05) is 0 Å². The Bertz CT molecular complexity index is 264. The molecule has 3 heteroatoms. The molecule has 1 atom stereocenters. The molecule has 0 heterocycles. The number of carboxylic acid groups (broad SMARTS) is 1. The van der Waals surface area contributed by atoms with Crippen LogP contribution in [0.2, 0.25) is 0 Å². The molecule has 0 radical (unpaired) electrons. The van der Waals surface area contributed by atoms with Crippen molar-refractivity contribution in [2.45, 2.75) is 85.5 Å². The first-order valence-corrected chi connectivity index (χ1v) is 8.86. The number of rotatable bonds is 14. The molecule has 0 amide bonds. The van der Waals surface area contributed by atoms with E-state index >= 15 is 0 Å². The van der Waals surface area contributed by atoms with Crippen molar-refractivity contribution in [1.29, 1.82) is 0 Å². The van der Waals surface area contributed by atoms with Crippen LogP contribution in [0.5, 0.6) is 0 Å². The summed E-state index contributed by atoms with van der Waals surface area (Å²) in [6.07, 6.45) is 9.66. The highest BCUT2D eigenvalue weighted by Gasteiger charge is 2.27. The van der Waals surface area contributed by atoms with E-state index in [2.05, 4.69) is 33.0 Å². The molecule has 3 nitrogen and oxygen atoms in total. The van der Waals surface area contributed by atoms with Gasteiger partial charge in [0, 0.05) is 6.42 Å². The Hall–Kier alpha value is -0.570. The third-order valence-electron chi connectivity index (χ3n) is 4.55. The minimum Gasteiger partial charge on any atom is -0.481 e. The highest BCUT2D eigenvalue weighted by Crippen LogP contribution is 2.35. The zero-order valence-corrected chi connectivity index (χ0v) is 14.7. The predicted octanol–water partition coefficient (Wildman–Crippen LogP) is 4.85. The van der Waals surface area contributed by atoms with Crippen molar-refractivity contribution in [3.63, 3.8) is 0 Å². The van der Waals surface area contributed by atoms with Crippen LogP contribution in [0.25, 0.3) is 0 Å². The lowest BCUT2D eigenvalue weighted by Crippen LogP contribution is -2.34. The van der Waals surface area contributed by atoms with E-state index in [9.17, 15) is 4.79 Å². The van der Waals surface area contributed by atoms with E-state index in [1.54, 1.807) is 0 Å². The maximum atomic E-state index is 10.4. The Morgan fingerprint density at radius 3 is 2.38 bits per heavy atom. The third-order valence-corrected chi connectivity index (χ3v) is 4.55. The van der Waals surface area contributed by atoms with Gasteiger partial charge in [0.15, 0.2) is 0 Å². The molecule has 0 fully saturated rings. The van der Waals surface area contributed by atoms with Crippen molar-refractivity contribution in [2.75, 3.05) is 13.1 Å². The van der Waals surface area contributed by atoms with Crippen molar-refractivity contribution >= 4 is 5.97 Å². The Morgan fingerprint density at radius 1 is 1.10 bits per heavy atom. The summed E-state index contributed by atoms with van der Waals surface area (Å²) in [4.78, 5) is 10.4. The number of nitrogens with one attached hydrogen (secondary N) is 1. The zero-order valence-electron chi connectivity index (χ0n) is 14.7. The van der Waals surface area contributed by atoms with E-state index < -0.39 is 5.97 Å². The average molecular weight is 299 g/mol. The third kappa shape index (κ3) is 10.8. The van der Waals surface area contributed by atoms with Gasteiger partial charge in [0.1, 0.15) is 0 Å². The van der Waals surface area contributed by atoms with E-state index in [4.69, 9.17) is 5.11 Å². The summed E-state index contributed by atoms with van der Waals surface area (Å²) in [5.74, 6) is 0.0664. The van der Waals surface area contributed by atoms with Gasteiger partial charge < -0.3 is 10.4 Å². The van der Waals surface area contributed by atoms with E-state index in [1.165, 1.54) is 32.1 Å². The topological polar surface area (TPSA) is 49.3 Å². The summed E-state index contributed by atoms with van der Waals surface area (Å²) < 4.78 is 0. The number of unbranched alkanes of at least 4 members (excludes halogenated alkanes) is 3. The van der Waals surface area contributed by atoms with Crippen molar-refractivity contribution in [3.8, 4) is 0 Å². The minimum atomic E-state index is -0.677. The van der Waals surface area contributed by atoms with Gasteiger partial charge in [-0.15, -0.1) is 0 Å². The summed E-state index contributed by atoms with van der Waals surface area (Å²) in [5, 5.41) is 12.2. The van der Waals surface area contributed by atoms with Gasteiger partial charge in [0.05, 0.1) is 0 Å². The largest absolute Gasteiger partial charge is 0.481 e. The van der Waals surface area contributed by atoms with Crippen LogP contribution in [0.15, 0.2) is 0 Å². The number of aliphatic carboxylic acids is 1. The molecule has 0 rings (SSSR count). The molecule has 0 aliphatic carbocycles. The molecule has 21 heavy (non-hydrogen) atoms. The van der Waals surface area contributed by atoms with Crippen molar-refractivity contribution in [3.05, 3.63) is 0 Å². The van der Waals surface area contributed by atoms with Gasteiger partial charge in [0.25, 0.3) is 0 Å². The summed E-state index contributed by atoms with van der Waals surface area (Å²) >= 11 is 0. The maximum Gasteiger partial charge on any atom is 0.303 e. The van der Waals surface area contributed by atoms with Crippen LogP contribution in [0.1, 0.15) is 85.5 Å². The second-order valence-electron chi connectivity index (χ2n) is 6.99. The Kier molecular flexibility index (Phi) is 11.7. The molecule has 0 aliphatic heterocycles. The molecule has 0 aromatic rings. The monoisotopic (exact) mass is 299 g/mol. The van der Waals surface area contributed by atoms with Gasteiger partial charge in [-0.2, -0.15) is 0 Å². The highest BCUT2D eigenvalue weighted by molar-refractivity contribution is 5.66. The van der Waals surface area contributed by atoms with Crippen LogP contribution in [-0.4, -0.2) is 24.2 Å². The van der Waals surface area contributed by atoms with Gasteiger partial charge in [-0.1, -0.05) is 53.4 Å². The molecule has 0 unspecified atom stereocenters. The Labute approximate surface area is 131 Å². The van der Waals surface area contributed by atoms with Gasteiger partial charge in [0.2, 0.25) is 0 Å².